The Labute approximate surface area is 85.7 Å². The molecule has 14 heavy (non-hydrogen) atoms. The summed E-state index contributed by atoms with van der Waals surface area (Å²) in [5.41, 5.74) is 0.0434. The second-order valence-electron chi connectivity index (χ2n) is 5.23. The number of rotatable bonds is 3. The molecule has 0 aliphatic heterocycles. The van der Waals surface area contributed by atoms with Crippen molar-refractivity contribution in [2.24, 2.45) is 11.3 Å². The van der Waals surface area contributed by atoms with E-state index in [2.05, 4.69) is 0 Å². The number of Topliss-reactive ketones (excluding diaryl/α,β-unsaturated/α-hetero) is 1. The molecule has 0 radical (unpaired) electrons. The molecule has 0 aromatic rings. The first kappa shape index (κ1) is 10.2. The van der Waals surface area contributed by atoms with E-state index in [1.807, 2.05) is 0 Å². The van der Waals surface area contributed by atoms with Crippen molar-refractivity contribution >= 4 is 5.78 Å². The van der Waals surface area contributed by atoms with Gasteiger partial charge in [-0.05, 0) is 44.9 Å². The molecule has 0 aromatic carbocycles. The van der Waals surface area contributed by atoms with Crippen LogP contribution < -0.4 is 0 Å². The fraction of sp³-hybridized carbons (Fsp3) is 0.917. The van der Waals surface area contributed by atoms with Crippen molar-refractivity contribution in [3.8, 4) is 0 Å². The predicted molar refractivity (Wildman–Crippen MR) is 54.9 cm³/mol. The Bertz CT molecular complexity index is 230. The van der Waals surface area contributed by atoms with Gasteiger partial charge in [0.25, 0.3) is 0 Å². The van der Waals surface area contributed by atoms with Gasteiger partial charge in [-0.15, -0.1) is 0 Å². The maximum absolute atomic E-state index is 11.4. The second-order valence-corrected chi connectivity index (χ2v) is 5.23. The minimum Gasteiger partial charge on any atom is -0.393 e. The number of hydrogen-bond donors (Lipinski definition) is 1. The third kappa shape index (κ3) is 2.00. The largest absolute Gasteiger partial charge is 0.393 e. The Kier molecular flexibility index (Phi) is 2.65. The molecule has 0 saturated heterocycles. The fourth-order valence-electron chi connectivity index (χ4n) is 2.85. The molecule has 0 amide bonds. The van der Waals surface area contributed by atoms with Gasteiger partial charge in [-0.3, -0.25) is 4.79 Å². The Morgan fingerprint density at radius 3 is 2.64 bits per heavy atom. The van der Waals surface area contributed by atoms with Gasteiger partial charge >= 0.3 is 0 Å². The van der Waals surface area contributed by atoms with Crippen molar-refractivity contribution in [3.05, 3.63) is 0 Å². The molecule has 2 unspecified atom stereocenters. The van der Waals surface area contributed by atoms with E-state index in [0.29, 0.717) is 11.7 Å². The van der Waals surface area contributed by atoms with Crippen LogP contribution in [0.1, 0.15) is 51.9 Å². The van der Waals surface area contributed by atoms with Gasteiger partial charge in [-0.25, -0.2) is 0 Å². The molecule has 2 atom stereocenters. The first-order chi connectivity index (χ1) is 6.62. The van der Waals surface area contributed by atoms with E-state index in [9.17, 15) is 9.90 Å². The van der Waals surface area contributed by atoms with Gasteiger partial charge in [0.15, 0.2) is 0 Å². The highest BCUT2D eigenvalue weighted by atomic mass is 16.3. The summed E-state index contributed by atoms with van der Waals surface area (Å²) in [5.74, 6) is 0.975. The van der Waals surface area contributed by atoms with Crippen molar-refractivity contribution < 1.29 is 9.90 Å². The standard InChI is InChI=1S/C12H20O2/c1-9(13)12(5-6-12)8-10-3-2-4-11(14)7-10/h10-11,14H,2-8H2,1H3. The van der Waals surface area contributed by atoms with Crippen LogP contribution >= 0.6 is 0 Å². The molecule has 0 heterocycles. The quantitative estimate of drug-likeness (QED) is 0.752. The van der Waals surface area contributed by atoms with Crippen LogP contribution in [0.5, 0.6) is 0 Å². The van der Waals surface area contributed by atoms with Crippen LogP contribution in [0.15, 0.2) is 0 Å². The molecule has 0 bridgehead atoms. The van der Waals surface area contributed by atoms with E-state index in [-0.39, 0.29) is 11.5 Å². The lowest BCUT2D eigenvalue weighted by Gasteiger charge is -2.28. The summed E-state index contributed by atoms with van der Waals surface area (Å²) >= 11 is 0. The van der Waals surface area contributed by atoms with Gasteiger partial charge in [0, 0.05) is 5.41 Å². The first-order valence-corrected chi connectivity index (χ1v) is 5.81. The summed E-state index contributed by atoms with van der Waals surface area (Å²) in [5, 5.41) is 9.55. The lowest BCUT2D eigenvalue weighted by atomic mass is 9.79. The molecule has 2 nitrogen and oxygen atoms in total. The van der Waals surface area contributed by atoms with E-state index in [0.717, 1.165) is 38.5 Å². The van der Waals surface area contributed by atoms with Crippen molar-refractivity contribution in [2.45, 2.75) is 58.0 Å². The number of carbonyl (C=O) groups excluding carboxylic acids is 1. The van der Waals surface area contributed by atoms with Crippen molar-refractivity contribution in [3.63, 3.8) is 0 Å². The average Bonchev–Trinajstić information content (AvgIpc) is 2.85. The van der Waals surface area contributed by atoms with E-state index >= 15 is 0 Å². The summed E-state index contributed by atoms with van der Waals surface area (Å²) in [7, 11) is 0. The Hall–Kier alpha value is -0.370. The molecule has 2 saturated carbocycles. The molecule has 0 aromatic heterocycles. The van der Waals surface area contributed by atoms with Gasteiger partial charge < -0.3 is 5.11 Å². The molecule has 2 aliphatic rings. The van der Waals surface area contributed by atoms with E-state index in [1.54, 1.807) is 6.92 Å². The molecule has 80 valence electrons. The van der Waals surface area contributed by atoms with E-state index in [4.69, 9.17) is 0 Å². The van der Waals surface area contributed by atoms with Gasteiger partial charge in [0.2, 0.25) is 0 Å². The average molecular weight is 196 g/mol. The predicted octanol–water partition coefficient (Wildman–Crippen LogP) is 2.30. The highest BCUT2D eigenvalue weighted by molar-refractivity contribution is 5.84. The highest BCUT2D eigenvalue weighted by Gasteiger charge is 2.48. The normalized spacial score (nSPS) is 35.3. The zero-order chi connectivity index (χ0) is 10.2. The summed E-state index contributed by atoms with van der Waals surface area (Å²) in [6.07, 6.45) is 7.37. The maximum atomic E-state index is 11.4. The SMILES string of the molecule is CC(=O)C1(CC2CCCC(O)C2)CC1. The lowest BCUT2D eigenvalue weighted by Crippen LogP contribution is -2.24. The number of ketones is 1. The molecular weight excluding hydrogens is 176 g/mol. The van der Waals surface area contributed by atoms with Crippen molar-refractivity contribution in [2.75, 3.05) is 0 Å². The van der Waals surface area contributed by atoms with E-state index in [1.165, 1.54) is 6.42 Å². The Morgan fingerprint density at radius 1 is 1.43 bits per heavy atom. The first-order valence-electron chi connectivity index (χ1n) is 5.81. The van der Waals surface area contributed by atoms with Gasteiger partial charge in [-0.1, -0.05) is 12.8 Å². The van der Waals surface area contributed by atoms with Gasteiger partial charge in [-0.2, -0.15) is 0 Å². The van der Waals surface area contributed by atoms with E-state index < -0.39 is 0 Å². The van der Waals surface area contributed by atoms with Crippen LogP contribution in [-0.2, 0) is 4.79 Å². The molecule has 2 fully saturated rings. The summed E-state index contributed by atoms with van der Waals surface area (Å²) in [6.45, 7) is 1.73. The number of aliphatic hydroxyl groups is 1. The maximum Gasteiger partial charge on any atom is 0.135 e. The number of hydrogen-bond acceptors (Lipinski definition) is 2. The van der Waals surface area contributed by atoms with Crippen LogP contribution in [0.2, 0.25) is 0 Å². The smallest absolute Gasteiger partial charge is 0.135 e. The third-order valence-corrected chi connectivity index (χ3v) is 4.03. The summed E-state index contributed by atoms with van der Waals surface area (Å²) < 4.78 is 0. The van der Waals surface area contributed by atoms with Crippen molar-refractivity contribution in [1.82, 2.24) is 0 Å². The summed E-state index contributed by atoms with van der Waals surface area (Å²) in [6, 6.07) is 0. The van der Waals surface area contributed by atoms with Crippen LogP contribution in [0.25, 0.3) is 0 Å². The molecule has 0 spiro atoms. The Balaban J connectivity index is 1.88. The molecule has 2 aliphatic carbocycles. The molecule has 1 N–H and O–H groups in total. The lowest BCUT2D eigenvalue weighted by molar-refractivity contribution is -0.122. The summed E-state index contributed by atoms with van der Waals surface area (Å²) in [4.78, 5) is 11.4. The topological polar surface area (TPSA) is 37.3 Å². The number of carbonyl (C=O) groups is 1. The minimum absolute atomic E-state index is 0.0434. The fourth-order valence-corrected chi connectivity index (χ4v) is 2.85. The zero-order valence-corrected chi connectivity index (χ0v) is 8.96. The second kappa shape index (κ2) is 3.65. The Morgan fingerprint density at radius 2 is 2.14 bits per heavy atom. The van der Waals surface area contributed by atoms with Crippen molar-refractivity contribution in [1.29, 1.82) is 0 Å². The van der Waals surface area contributed by atoms with Crippen LogP contribution in [0, 0.1) is 11.3 Å². The third-order valence-electron chi connectivity index (χ3n) is 4.03. The molecule has 2 heteroatoms. The van der Waals surface area contributed by atoms with Crippen LogP contribution in [-0.4, -0.2) is 17.0 Å². The van der Waals surface area contributed by atoms with Crippen LogP contribution in [0.4, 0.5) is 0 Å². The number of aliphatic hydroxyl groups excluding tert-OH is 1. The zero-order valence-electron chi connectivity index (χ0n) is 8.96. The van der Waals surface area contributed by atoms with Crippen LogP contribution in [0.3, 0.4) is 0 Å². The minimum atomic E-state index is -0.100. The monoisotopic (exact) mass is 196 g/mol. The highest BCUT2D eigenvalue weighted by Crippen LogP contribution is 2.53. The van der Waals surface area contributed by atoms with Gasteiger partial charge in [0.1, 0.15) is 5.78 Å². The molecule has 2 rings (SSSR count). The molecular formula is C12H20O2. The van der Waals surface area contributed by atoms with Gasteiger partial charge in [0.05, 0.1) is 6.10 Å².